The first-order valence-corrected chi connectivity index (χ1v) is 12.8. The SMILES string of the molecule is CCCCCCc1nn(C(=O)CCCC)c(=O)n1Cc1ccc(-c2cccc(-c3nn[nH]n3)c2)cc1. The van der Waals surface area contributed by atoms with E-state index in [1.807, 2.05) is 55.5 Å². The topological polar surface area (TPSA) is 111 Å². The second-order valence-corrected chi connectivity index (χ2v) is 9.02. The highest BCUT2D eigenvalue weighted by Gasteiger charge is 2.18. The molecule has 0 bridgehead atoms. The minimum atomic E-state index is -0.349. The molecule has 4 aromatic rings. The van der Waals surface area contributed by atoms with Crippen molar-refractivity contribution in [1.29, 1.82) is 0 Å². The molecule has 36 heavy (non-hydrogen) atoms. The Kier molecular flexibility index (Phi) is 8.54. The quantitative estimate of drug-likeness (QED) is 0.285. The Morgan fingerprint density at radius 2 is 1.69 bits per heavy atom. The van der Waals surface area contributed by atoms with E-state index in [1.165, 1.54) is 0 Å². The molecule has 0 saturated carbocycles. The van der Waals surface area contributed by atoms with Crippen molar-refractivity contribution in [3.05, 3.63) is 70.4 Å². The van der Waals surface area contributed by atoms with Gasteiger partial charge in [-0.25, -0.2) is 4.79 Å². The summed E-state index contributed by atoms with van der Waals surface area (Å²) in [5.41, 5.74) is 3.59. The normalized spacial score (nSPS) is 11.2. The summed E-state index contributed by atoms with van der Waals surface area (Å²) in [6, 6.07) is 16.1. The van der Waals surface area contributed by atoms with Crippen LogP contribution in [-0.2, 0) is 13.0 Å². The summed E-state index contributed by atoms with van der Waals surface area (Å²) in [5.74, 6) is 0.995. The minimum absolute atomic E-state index is 0.229. The lowest BCUT2D eigenvalue weighted by Crippen LogP contribution is -2.30. The van der Waals surface area contributed by atoms with E-state index in [1.54, 1.807) is 4.57 Å². The molecule has 2 aromatic heterocycles. The molecule has 1 N–H and O–H groups in total. The molecule has 0 atom stereocenters. The standard InChI is InChI=1S/C27H33N7O2/c1-3-5-7-8-12-24-30-34(25(35)13-6-4-2)27(36)33(24)19-20-14-16-21(17-15-20)22-10-9-11-23(18-22)26-28-31-32-29-26/h9-11,14-18H,3-8,12-13,19H2,1-2H3,(H,28,29,31,32). The second-order valence-electron chi connectivity index (χ2n) is 9.02. The van der Waals surface area contributed by atoms with Crippen LogP contribution in [-0.4, -0.2) is 40.9 Å². The molecule has 188 valence electrons. The average Bonchev–Trinajstić information content (AvgIpc) is 3.55. The first-order valence-electron chi connectivity index (χ1n) is 12.8. The highest BCUT2D eigenvalue weighted by molar-refractivity contribution is 5.77. The van der Waals surface area contributed by atoms with E-state index in [0.717, 1.165) is 65.5 Å². The fraction of sp³-hybridized carbons (Fsp3) is 0.407. The molecule has 0 saturated heterocycles. The van der Waals surface area contributed by atoms with E-state index >= 15 is 0 Å². The van der Waals surface area contributed by atoms with E-state index in [9.17, 15) is 9.59 Å². The van der Waals surface area contributed by atoms with E-state index in [4.69, 9.17) is 0 Å². The van der Waals surface area contributed by atoms with E-state index in [-0.39, 0.29) is 11.6 Å². The van der Waals surface area contributed by atoms with Crippen molar-refractivity contribution in [3.8, 4) is 22.5 Å². The van der Waals surface area contributed by atoms with Crippen molar-refractivity contribution in [2.24, 2.45) is 0 Å². The third-order valence-corrected chi connectivity index (χ3v) is 6.27. The van der Waals surface area contributed by atoms with Crippen LogP contribution in [0.1, 0.15) is 75.0 Å². The Bertz CT molecular complexity index is 1320. The van der Waals surface area contributed by atoms with Crippen LogP contribution >= 0.6 is 0 Å². The van der Waals surface area contributed by atoms with Gasteiger partial charge in [-0.3, -0.25) is 9.36 Å². The van der Waals surface area contributed by atoms with Crippen LogP contribution in [0.3, 0.4) is 0 Å². The zero-order valence-electron chi connectivity index (χ0n) is 21.0. The predicted molar refractivity (Wildman–Crippen MR) is 139 cm³/mol. The molecule has 0 spiro atoms. The summed E-state index contributed by atoms with van der Waals surface area (Å²) in [6.07, 6.45) is 6.98. The molecule has 4 rings (SSSR count). The Balaban J connectivity index is 1.55. The minimum Gasteiger partial charge on any atom is -0.274 e. The molecular formula is C27H33N7O2. The van der Waals surface area contributed by atoms with Gasteiger partial charge in [-0.05, 0) is 40.8 Å². The largest absolute Gasteiger partial charge is 0.353 e. The van der Waals surface area contributed by atoms with Crippen molar-refractivity contribution in [2.75, 3.05) is 0 Å². The van der Waals surface area contributed by atoms with Gasteiger partial charge in [0.1, 0.15) is 5.82 Å². The van der Waals surface area contributed by atoms with E-state index < -0.39 is 0 Å². The molecule has 0 fully saturated rings. The number of hydrogen-bond donors (Lipinski definition) is 1. The number of carbonyl (C=O) groups excluding carboxylic acids is 1. The van der Waals surface area contributed by atoms with Crippen LogP contribution in [0.4, 0.5) is 0 Å². The Morgan fingerprint density at radius 3 is 2.42 bits per heavy atom. The summed E-state index contributed by atoms with van der Waals surface area (Å²) >= 11 is 0. The maximum atomic E-state index is 13.1. The van der Waals surface area contributed by atoms with Gasteiger partial charge in [0.05, 0.1) is 6.54 Å². The molecular weight excluding hydrogens is 454 g/mol. The van der Waals surface area contributed by atoms with Gasteiger partial charge < -0.3 is 0 Å². The monoisotopic (exact) mass is 487 g/mol. The Morgan fingerprint density at radius 1 is 0.917 bits per heavy atom. The Labute approximate surface area is 210 Å². The molecule has 0 amide bonds. The number of unbranched alkanes of at least 4 members (excludes halogenated alkanes) is 4. The lowest BCUT2D eigenvalue weighted by atomic mass is 10.0. The van der Waals surface area contributed by atoms with Crippen LogP contribution < -0.4 is 5.69 Å². The van der Waals surface area contributed by atoms with Crippen molar-refractivity contribution in [3.63, 3.8) is 0 Å². The highest BCUT2D eigenvalue weighted by atomic mass is 16.2. The summed E-state index contributed by atoms with van der Waals surface area (Å²) in [6.45, 7) is 4.58. The number of tetrazole rings is 1. The number of benzene rings is 2. The highest BCUT2D eigenvalue weighted by Crippen LogP contribution is 2.24. The molecule has 0 aliphatic rings. The number of aromatic nitrogens is 7. The zero-order valence-corrected chi connectivity index (χ0v) is 21.0. The van der Waals surface area contributed by atoms with Crippen LogP contribution in [0.2, 0.25) is 0 Å². The number of H-pyrrole nitrogens is 1. The number of nitrogens with one attached hydrogen (secondary N) is 1. The van der Waals surface area contributed by atoms with Gasteiger partial charge in [0.25, 0.3) is 5.91 Å². The molecule has 2 heterocycles. The van der Waals surface area contributed by atoms with Gasteiger partial charge in [-0.2, -0.15) is 5.21 Å². The molecule has 2 aromatic carbocycles. The van der Waals surface area contributed by atoms with Crippen molar-refractivity contribution in [2.45, 2.75) is 71.8 Å². The van der Waals surface area contributed by atoms with Gasteiger partial charge in [0.2, 0.25) is 5.82 Å². The molecule has 9 nitrogen and oxygen atoms in total. The van der Waals surface area contributed by atoms with Gasteiger partial charge in [-0.1, -0.05) is 82.0 Å². The Hall–Kier alpha value is -3.88. The lowest BCUT2D eigenvalue weighted by molar-refractivity contribution is 0.0878. The van der Waals surface area contributed by atoms with Gasteiger partial charge in [0.15, 0.2) is 0 Å². The zero-order chi connectivity index (χ0) is 25.3. The van der Waals surface area contributed by atoms with Gasteiger partial charge in [-0.15, -0.1) is 20.0 Å². The maximum absolute atomic E-state index is 13.1. The van der Waals surface area contributed by atoms with Gasteiger partial charge >= 0.3 is 5.69 Å². The lowest BCUT2D eigenvalue weighted by Gasteiger charge is -2.08. The summed E-state index contributed by atoms with van der Waals surface area (Å²) < 4.78 is 2.73. The molecule has 0 radical (unpaired) electrons. The summed E-state index contributed by atoms with van der Waals surface area (Å²) in [4.78, 5) is 25.8. The van der Waals surface area contributed by atoms with Crippen molar-refractivity contribution < 1.29 is 4.79 Å². The number of aryl methyl sites for hydroxylation is 1. The summed E-state index contributed by atoms with van der Waals surface area (Å²) in [5, 5.41) is 18.7. The fourth-order valence-electron chi connectivity index (χ4n) is 4.19. The first kappa shape index (κ1) is 25.2. The third-order valence-electron chi connectivity index (χ3n) is 6.27. The van der Waals surface area contributed by atoms with Crippen molar-refractivity contribution >= 4 is 5.91 Å². The van der Waals surface area contributed by atoms with Crippen molar-refractivity contribution in [1.82, 2.24) is 35.0 Å². The van der Waals surface area contributed by atoms with E-state index in [2.05, 4.69) is 32.6 Å². The third kappa shape index (κ3) is 6.02. The first-order chi connectivity index (χ1) is 17.6. The summed E-state index contributed by atoms with van der Waals surface area (Å²) in [7, 11) is 0. The number of nitrogens with zero attached hydrogens (tertiary/aromatic N) is 6. The second kappa shape index (κ2) is 12.2. The average molecular weight is 488 g/mol. The van der Waals surface area contributed by atoms with Crippen LogP contribution in [0.15, 0.2) is 53.3 Å². The molecule has 9 heteroatoms. The fourth-order valence-corrected chi connectivity index (χ4v) is 4.19. The number of rotatable bonds is 12. The number of aromatic amines is 1. The molecule has 0 aliphatic carbocycles. The van der Waals surface area contributed by atoms with Crippen LogP contribution in [0.5, 0.6) is 0 Å². The number of carbonyl (C=O) groups is 1. The predicted octanol–water partition coefficient (Wildman–Crippen LogP) is 4.89. The smallest absolute Gasteiger partial charge is 0.274 e. The van der Waals surface area contributed by atoms with E-state index in [0.29, 0.717) is 31.0 Å². The van der Waals surface area contributed by atoms with Crippen LogP contribution in [0, 0.1) is 0 Å². The van der Waals surface area contributed by atoms with Gasteiger partial charge in [0, 0.05) is 18.4 Å². The maximum Gasteiger partial charge on any atom is 0.353 e. The molecule has 0 unspecified atom stereocenters. The van der Waals surface area contributed by atoms with Crippen LogP contribution in [0.25, 0.3) is 22.5 Å². The molecule has 0 aliphatic heterocycles. The number of hydrogen-bond acceptors (Lipinski definition) is 6.